The van der Waals surface area contributed by atoms with E-state index in [9.17, 15) is 10.1 Å². The molecule has 0 unspecified atom stereocenters. The van der Waals surface area contributed by atoms with E-state index in [1.807, 2.05) is 36.5 Å². The lowest BCUT2D eigenvalue weighted by molar-refractivity contribution is -0.686. The van der Waals surface area contributed by atoms with Crippen LogP contribution in [-0.4, -0.2) is 4.92 Å². The lowest BCUT2D eigenvalue weighted by Crippen LogP contribution is -3.00. The van der Waals surface area contributed by atoms with Crippen LogP contribution in [0.1, 0.15) is 18.9 Å². The fourth-order valence-corrected chi connectivity index (χ4v) is 2.19. The predicted octanol–water partition coefficient (Wildman–Crippen LogP) is 0.272. The van der Waals surface area contributed by atoms with Crippen molar-refractivity contribution in [1.29, 1.82) is 0 Å². The first-order chi connectivity index (χ1) is 9.13. The van der Waals surface area contributed by atoms with Crippen molar-refractivity contribution >= 4 is 5.69 Å². The van der Waals surface area contributed by atoms with Gasteiger partial charge in [-0.3, -0.25) is 10.1 Å². The minimum atomic E-state index is -0.343. The van der Waals surface area contributed by atoms with Gasteiger partial charge >= 0.3 is 0 Å². The number of hydrogen-bond donors (Lipinski definition) is 0. The highest BCUT2D eigenvalue weighted by molar-refractivity contribution is 5.60. The largest absolute Gasteiger partial charge is 1.00 e. The summed E-state index contributed by atoms with van der Waals surface area (Å²) in [6.07, 6.45) is 3.09. The van der Waals surface area contributed by atoms with Crippen molar-refractivity contribution in [2.45, 2.75) is 26.8 Å². The molecule has 2 aromatic rings. The monoisotopic (exact) mass is 384 g/mol. The molecule has 20 heavy (non-hydrogen) atoms. The highest BCUT2D eigenvalue weighted by atomic mass is 127. The number of nitrogens with zero attached hydrogens (tertiary/aromatic N) is 2. The Morgan fingerprint density at radius 3 is 2.60 bits per heavy atom. The third-order valence-corrected chi connectivity index (χ3v) is 3.09. The standard InChI is InChI=1S/C15H17N2O2.HI/c1-3-9-16-10-5-4-6-15(16)13-7-8-14(17(18)19)12(2)11-13;/h4-8,10-11H,3,9H2,1-2H3;1H/q+1;/p-1. The molecule has 0 fully saturated rings. The summed E-state index contributed by atoms with van der Waals surface area (Å²) in [5, 5.41) is 10.8. The molecule has 0 radical (unpaired) electrons. The summed E-state index contributed by atoms with van der Waals surface area (Å²) in [5.41, 5.74) is 2.95. The summed E-state index contributed by atoms with van der Waals surface area (Å²) < 4.78 is 2.17. The highest BCUT2D eigenvalue weighted by Crippen LogP contribution is 2.24. The average molecular weight is 384 g/mol. The van der Waals surface area contributed by atoms with E-state index >= 15 is 0 Å². The summed E-state index contributed by atoms with van der Waals surface area (Å²) in [6.45, 7) is 4.84. The number of benzene rings is 1. The first kappa shape index (κ1) is 16.6. The van der Waals surface area contributed by atoms with Crippen molar-refractivity contribution in [3.63, 3.8) is 0 Å². The maximum Gasteiger partial charge on any atom is 0.272 e. The van der Waals surface area contributed by atoms with Crippen molar-refractivity contribution < 1.29 is 33.5 Å². The van der Waals surface area contributed by atoms with Crippen LogP contribution in [-0.2, 0) is 6.54 Å². The minimum Gasteiger partial charge on any atom is -1.00 e. The molecule has 0 aliphatic heterocycles. The molecule has 1 heterocycles. The quantitative estimate of drug-likeness (QED) is 0.329. The molecule has 0 saturated heterocycles. The number of nitro benzene ring substituents is 1. The third-order valence-electron chi connectivity index (χ3n) is 3.09. The van der Waals surface area contributed by atoms with E-state index in [4.69, 9.17) is 0 Å². The van der Waals surface area contributed by atoms with Crippen LogP contribution < -0.4 is 28.5 Å². The van der Waals surface area contributed by atoms with Gasteiger partial charge in [-0.05, 0) is 25.1 Å². The van der Waals surface area contributed by atoms with E-state index in [1.165, 1.54) is 0 Å². The van der Waals surface area contributed by atoms with Crippen LogP contribution in [0.5, 0.6) is 0 Å². The molecule has 2 rings (SSSR count). The molecule has 1 aromatic carbocycles. The molecular formula is C15H17IN2O2. The van der Waals surface area contributed by atoms with E-state index in [0.29, 0.717) is 5.56 Å². The van der Waals surface area contributed by atoms with Gasteiger partial charge in [-0.15, -0.1) is 0 Å². The molecule has 4 nitrogen and oxygen atoms in total. The first-order valence-corrected chi connectivity index (χ1v) is 6.37. The van der Waals surface area contributed by atoms with Crippen LogP contribution >= 0.6 is 0 Å². The molecule has 0 spiro atoms. The number of rotatable bonds is 4. The molecule has 5 heteroatoms. The van der Waals surface area contributed by atoms with E-state index in [-0.39, 0.29) is 34.6 Å². The Balaban J connectivity index is 0.00000200. The van der Waals surface area contributed by atoms with Crippen molar-refractivity contribution in [1.82, 2.24) is 0 Å². The molecule has 0 N–H and O–H groups in total. The average Bonchev–Trinajstić information content (AvgIpc) is 2.39. The summed E-state index contributed by atoms with van der Waals surface area (Å²) >= 11 is 0. The molecule has 0 aliphatic carbocycles. The van der Waals surface area contributed by atoms with E-state index < -0.39 is 0 Å². The van der Waals surface area contributed by atoms with Crippen molar-refractivity contribution in [2.24, 2.45) is 0 Å². The summed E-state index contributed by atoms with van der Waals surface area (Å²) in [5.74, 6) is 0. The second kappa shape index (κ2) is 7.33. The van der Waals surface area contributed by atoms with Gasteiger partial charge in [0.1, 0.15) is 6.54 Å². The maximum atomic E-state index is 10.8. The third kappa shape index (κ3) is 3.53. The Labute approximate surface area is 135 Å². The van der Waals surface area contributed by atoms with Gasteiger partial charge in [0, 0.05) is 35.7 Å². The number of pyridine rings is 1. The second-order valence-corrected chi connectivity index (χ2v) is 4.54. The van der Waals surface area contributed by atoms with Crippen LogP contribution in [0, 0.1) is 17.0 Å². The molecule has 1 aromatic heterocycles. The first-order valence-electron chi connectivity index (χ1n) is 6.37. The lowest BCUT2D eigenvalue weighted by Gasteiger charge is -2.04. The van der Waals surface area contributed by atoms with Crippen LogP contribution in [0.2, 0.25) is 0 Å². The number of nitro groups is 1. The Hall–Kier alpha value is -1.50. The number of halogens is 1. The molecule has 0 atom stereocenters. The van der Waals surface area contributed by atoms with Gasteiger partial charge in [0.2, 0.25) is 5.69 Å². The number of hydrogen-bond acceptors (Lipinski definition) is 2. The lowest BCUT2D eigenvalue weighted by atomic mass is 10.1. The Morgan fingerprint density at radius 2 is 2.00 bits per heavy atom. The number of aromatic nitrogens is 1. The van der Waals surface area contributed by atoms with Gasteiger partial charge in [-0.25, -0.2) is 0 Å². The van der Waals surface area contributed by atoms with Gasteiger partial charge in [0.15, 0.2) is 6.20 Å². The number of aryl methyl sites for hydroxylation is 2. The van der Waals surface area contributed by atoms with Gasteiger partial charge in [0.25, 0.3) is 5.69 Å². The summed E-state index contributed by atoms with van der Waals surface area (Å²) in [6, 6.07) is 11.3. The topological polar surface area (TPSA) is 47.0 Å². The van der Waals surface area contributed by atoms with E-state index in [0.717, 1.165) is 24.2 Å². The smallest absolute Gasteiger partial charge is 0.272 e. The van der Waals surface area contributed by atoms with E-state index in [1.54, 1.807) is 13.0 Å². The van der Waals surface area contributed by atoms with Crippen LogP contribution in [0.15, 0.2) is 42.6 Å². The zero-order valence-electron chi connectivity index (χ0n) is 11.5. The molecule has 0 bridgehead atoms. The van der Waals surface area contributed by atoms with Crippen LogP contribution in [0.4, 0.5) is 5.69 Å². The van der Waals surface area contributed by atoms with Crippen molar-refractivity contribution in [3.05, 3.63) is 58.3 Å². The minimum absolute atomic E-state index is 0. The van der Waals surface area contributed by atoms with Crippen molar-refractivity contribution in [3.8, 4) is 11.3 Å². The Morgan fingerprint density at radius 1 is 1.25 bits per heavy atom. The van der Waals surface area contributed by atoms with Gasteiger partial charge < -0.3 is 24.0 Å². The van der Waals surface area contributed by atoms with E-state index in [2.05, 4.69) is 11.5 Å². The van der Waals surface area contributed by atoms with Gasteiger partial charge in [-0.2, -0.15) is 4.57 Å². The normalized spacial score (nSPS) is 9.90. The molecule has 0 saturated carbocycles. The molecule has 0 amide bonds. The summed E-state index contributed by atoms with van der Waals surface area (Å²) in [7, 11) is 0. The fourth-order valence-electron chi connectivity index (χ4n) is 2.19. The predicted molar refractivity (Wildman–Crippen MR) is 73.8 cm³/mol. The van der Waals surface area contributed by atoms with Gasteiger partial charge in [0.05, 0.1) is 4.92 Å². The highest BCUT2D eigenvalue weighted by Gasteiger charge is 2.15. The second-order valence-electron chi connectivity index (χ2n) is 4.54. The SMILES string of the molecule is CCC[n+]1ccccc1-c1ccc([N+](=O)[O-])c(C)c1.[I-]. The Bertz CT molecular complexity index is 615. The zero-order valence-corrected chi connectivity index (χ0v) is 13.7. The fraction of sp³-hybridized carbons (Fsp3) is 0.267. The molecular weight excluding hydrogens is 367 g/mol. The van der Waals surface area contributed by atoms with Gasteiger partial charge in [-0.1, -0.05) is 6.92 Å². The maximum absolute atomic E-state index is 10.8. The van der Waals surface area contributed by atoms with Crippen LogP contribution in [0.25, 0.3) is 11.3 Å². The van der Waals surface area contributed by atoms with Crippen molar-refractivity contribution in [2.75, 3.05) is 0 Å². The Kier molecular flexibility index (Phi) is 6.06. The zero-order chi connectivity index (χ0) is 13.8. The molecule has 106 valence electrons. The van der Waals surface area contributed by atoms with Crippen LogP contribution in [0.3, 0.4) is 0 Å². The molecule has 0 aliphatic rings. The summed E-state index contributed by atoms with van der Waals surface area (Å²) in [4.78, 5) is 10.5.